The molecule has 0 heterocycles. The van der Waals surface area contributed by atoms with Crippen LogP contribution in [0, 0.1) is 11.3 Å². The minimum atomic E-state index is 0.316. The molecule has 96 valence electrons. The first-order valence-electron chi connectivity index (χ1n) is 6.43. The van der Waals surface area contributed by atoms with Crippen LogP contribution >= 0.6 is 15.9 Å². The van der Waals surface area contributed by atoms with Crippen molar-refractivity contribution in [2.24, 2.45) is 11.3 Å². The van der Waals surface area contributed by atoms with Gasteiger partial charge < -0.3 is 5.32 Å². The van der Waals surface area contributed by atoms with E-state index >= 15 is 0 Å². The second-order valence-electron chi connectivity index (χ2n) is 5.40. The molecule has 1 N–H and O–H groups in total. The van der Waals surface area contributed by atoms with Gasteiger partial charge in [0, 0.05) is 11.0 Å². The zero-order valence-electron chi connectivity index (χ0n) is 11.4. The lowest BCUT2D eigenvalue weighted by Crippen LogP contribution is -2.37. The average Bonchev–Trinajstić information content (AvgIpc) is 2.26. The normalized spacial score (nSPS) is 14.9. The van der Waals surface area contributed by atoms with Gasteiger partial charge in [-0.05, 0) is 42.0 Å². The Morgan fingerprint density at radius 3 is 2.59 bits per heavy atom. The molecule has 0 amide bonds. The molecule has 2 heteroatoms. The first kappa shape index (κ1) is 14.7. The van der Waals surface area contributed by atoms with E-state index in [2.05, 4.69) is 73.2 Å². The van der Waals surface area contributed by atoms with Gasteiger partial charge in [-0.1, -0.05) is 55.8 Å². The molecule has 1 aromatic carbocycles. The molecule has 0 radical (unpaired) electrons. The SMILES string of the molecule is CCNCC(C)(Cc1cccc(Br)c1)C(C)C. The van der Waals surface area contributed by atoms with Crippen molar-refractivity contribution >= 4 is 15.9 Å². The summed E-state index contributed by atoms with van der Waals surface area (Å²) < 4.78 is 1.17. The molecule has 1 aromatic rings. The van der Waals surface area contributed by atoms with Gasteiger partial charge in [-0.15, -0.1) is 0 Å². The average molecular weight is 298 g/mol. The molecule has 0 spiro atoms. The highest BCUT2D eigenvalue weighted by Crippen LogP contribution is 2.31. The summed E-state index contributed by atoms with van der Waals surface area (Å²) in [6, 6.07) is 8.65. The maximum atomic E-state index is 3.54. The standard InChI is InChI=1S/C15H24BrN/c1-5-17-11-15(4,12(2)3)10-13-7-6-8-14(16)9-13/h6-9,12,17H,5,10-11H2,1-4H3. The number of hydrogen-bond donors (Lipinski definition) is 1. The van der Waals surface area contributed by atoms with Gasteiger partial charge in [-0.2, -0.15) is 0 Å². The van der Waals surface area contributed by atoms with Crippen molar-refractivity contribution in [1.29, 1.82) is 0 Å². The molecule has 0 saturated heterocycles. The quantitative estimate of drug-likeness (QED) is 0.827. The second-order valence-corrected chi connectivity index (χ2v) is 6.31. The van der Waals surface area contributed by atoms with Crippen LogP contribution in [-0.4, -0.2) is 13.1 Å². The summed E-state index contributed by atoms with van der Waals surface area (Å²) in [6.45, 7) is 11.3. The predicted octanol–water partition coefficient (Wildman–Crippen LogP) is 4.26. The summed E-state index contributed by atoms with van der Waals surface area (Å²) in [7, 11) is 0. The monoisotopic (exact) mass is 297 g/mol. The first-order chi connectivity index (χ1) is 7.98. The Hall–Kier alpha value is -0.340. The van der Waals surface area contributed by atoms with Crippen LogP contribution in [0.1, 0.15) is 33.3 Å². The summed E-state index contributed by atoms with van der Waals surface area (Å²) in [6.07, 6.45) is 1.12. The van der Waals surface area contributed by atoms with Crippen molar-refractivity contribution in [1.82, 2.24) is 5.32 Å². The van der Waals surface area contributed by atoms with Crippen LogP contribution in [0.5, 0.6) is 0 Å². The van der Waals surface area contributed by atoms with Gasteiger partial charge in [0.25, 0.3) is 0 Å². The molecule has 0 saturated carbocycles. The molecule has 0 fully saturated rings. The van der Waals surface area contributed by atoms with E-state index in [0.29, 0.717) is 11.3 Å². The maximum Gasteiger partial charge on any atom is 0.0177 e. The van der Waals surface area contributed by atoms with E-state index in [-0.39, 0.29) is 0 Å². The summed E-state index contributed by atoms with van der Waals surface area (Å²) >= 11 is 3.54. The molecule has 1 nitrogen and oxygen atoms in total. The summed E-state index contributed by atoms with van der Waals surface area (Å²) in [5.74, 6) is 0.667. The highest BCUT2D eigenvalue weighted by atomic mass is 79.9. The molecule has 0 bridgehead atoms. The third-order valence-electron chi connectivity index (χ3n) is 3.67. The Morgan fingerprint density at radius 2 is 2.06 bits per heavy atom. The Kier molecular flexibility index (Phi) is 5.68. The maximum absolute atomic E-state index is 3.54. The van der Waals surface area contributed by atoms with Gasteiger partial charge in [-0.25, -0.2) is 0 Å². The minimum absolute atomic E-state index is 0.316. The van der Waals surface area contributed by atoms with Gasteiger partial charge in [0.05, 0.1) is 0 Å². The minimum Gasteiger partial charge on any atom is -0.316 e. The molecule has 0 aliphatic carbocycles. The fourth-order valence-corrected chi connectivity index (χ4v) is 2.44. The van der Waals surface area contributed by atoms with Crippen LogP contribution in [0.4, 0.5) is 0 Å². The fourth-order valence-electron chi connectivity index (χ4n) is 1.99. The first-order valence-corrected chi connectivity index (χ1v) is 7.22. The molecular weight excluding hydrogens is 274 g/mol. The van der Waals surface area contributed by atoms with Crippen LogP contribution < -0.4 is 5.32 Å². The van der Waals surface area contributed by atoms with Crippen LogP contribution in [0.2, 0.25) is 0 Å². The zero-order chi connectivity index (χ0) is 12.9. The number of benzene rings is 1. The highest BCUT2D eigenvalue weighted by molar-refractivity contribution is 9.10. The molecule has 1 rings (SSSR count). The van der Waals surface area contributed by atoms with E-state index in [1.807, 2.05) is 0 Å². The molecule has 0 aliphatic heterocycles. The van der Waals surface area contributed by atoms with Gasteiger partial charge in [0.15, 0.2) is 0 Å². The van der Waals surface area contributed by atoms with Crippen LogP contribution in [0.15, 0.2) is 28.7 Å². The van der Waals surface area contributed by atoms with Gasteiger partial charge >= 0.3 is 0 Å². The van der Waals surface area contributed by atoms with Crippen molar-refractivity contribution in [3.05, 3.63) is 34.3 Å². The van der Waals surface area contributed by atoms with Gasteiger partial charge in [0.1, 0.15) is 0 Å². The zero-order valence-corrected chi connectivity index (χ0v) is 13.0. The number of halogens is 1. The molecule has 0 aromatic heterocycles. The van der Waals surface area contributed by atoms with E-state index in [4.69, 9.17) is 0 Å². The van der Waals surface area contributed by atoms with E-state index in [9.17, 15) is 0 Å². The lowest BCUT2D eigenvalue weighted by atomic mass is 9.74. The van der Waals surface area contributed by atoms with Crippen molar-refractivity contribution < 1.29 is 0 Å². The van der Waals surface area contributed by atoms with Crippen molar-refractivity contribution in [2.45, 2.75) is 34.1 Å². The number of nitrogens with one attached hydrogen (secondary N) is 1. The Labute approximate surface area is 114 Å². The van der Waals surface area contributed by atoms with Crippen molar-refractivity contribution in [2.75, 3.05) is 13.1 Å². The Bertz CT molecular complexity index is 349. The molecule has 0 aliphatic rings. The van der Waals surface area contributed by atoms with Crippen LogP contribution in [0.25, 0.3) is 0 Å². The van der Waals surface area contributed by atoms with Gasteiger partial charge in [-0.3, -0.25) is 0 Å². The molecule has 1 atom stereocenters. The predicted molar refractivity (Wildman–Crippen MR) is 79.3 cm³/mol. The second kappa shape index (κ2) is 6.55. The third-order valence-corrected chi connectivity index (χ3v) is 4.16. The summed E-state index contributed by atoms with van der Waals surface area (Å²) in [5.41, 5.74) is 1.73. The summed E-state index contributed by atoms with van der Waals surface area (Å²) in [4.78, 5) is 0. The summed E-state index contributed by atoms with van der Waals surface area (Å²) in [5, 5.41) is 3.49. The Morgan fingerprint density at radius 1 is 1.35 bits per heavy atom. The topological polar surface area (TPSA) is 12.0 Å². The highest BCUT2D eigenvalue weighted by Gasteiger charge is 2.28. The lowest BCUT2D eigenvalue weighted by molar-refractivity contribution is 0.209. The fraction of sp³-hybridized carbons (Fsp3) is 0.600. The Balaban J connectivity index is 2.79. The third kappa shape index (κ3) is 4.44. The van der Waals surface area contributed by atoms with Crippen LogP contribution in [0.3, 0.4) is 0 Å². The van der Waals surface area contributed by atoms with Crippen LogP contribution in [-0.2, 0) is 6.42 Å². The molecular formula is C15H24BrN. The lowest BCUT2D eigenvalue weighted by Gasteiger charge is -2.34. The van der Waals surface area contributed by atoms with Gasteiger partial charge in [0.2, 0.25) is 0 Å². The van der Waals surface area contributed by atoms with E-state index < -0.39 is 0 Å². The number of hydrogen-bond acceptors (Lipinski definition) is 1. The molecule has 1 unspecified atom stereocenters. The van der Waals surface area contributed by atoms with Crippen molar-refractivity contribution in [3.8, 4) is 0 Å². The van der Waals surface area contributed by atoms with E-state index in [1.165, 1.54) is 10.0 Å². The van der Waals surface area contributed by atoms with Crippen molar-refractivity contribution in [3.63, 3.8) is 0 Å². The van der Waals surface area contributed by atoms with E-state index in [1.54, 1.807) is 0 Å². The van der Waals surface area contributed by atoms with E-state index in [0.717, 1.165) is 19.5 Å². The smallest absolute Gasteiger partial charge is 0.0177 e. The molecule has 17 heavy (non-hydrogen) atoms. The number of rotatable bonds is 6. The largest absolute Gasteiger partial charge is 0.316 e.